The lowest BCUT2D eigenvalue weighted by Crippen LogP contribution is -2.56. The van der Waals surface area contributed by atoms with Crippen molar-refractivity contribution in [2.45, 2.75) is 45.1 Å². The second-order valence-electron chi connectivity index (χ2n) is 7.52. The average molecular weight is 302 g/mol. The van der Waals surface area contributed by atoms with Crippen molar-refractivity contribution in [3.63, 3.8) is 0 Å². The Balaban J connectivity index is 1.41. The molecule has 4 bridgehead atoms. The van der Waals surface area contributed by atoms with Crippen LogP contribution in [-0.4, -0.2) is 12.1 Å². The second-order valence-corrected chi connectivity index (χ2v) is 7.52. The third-order valence-corrected chi connectivity index (χ3v) is 5.95. The quantitative estimate of drug-likeness (QED) is 0.849. The van der Waals surface area contributed by atoms with E-state index < -0.39 is 0 Å². The molecule has 0 radical (unpaired) electrons. The van der Waals surface area contributed by atoms with Crippen LogP contribution >= 0.6 is 0 Å². The molecule has 0 aromatic heterocycles. The summed E-state index contributed by atoms with van der Waals surface area (Å²) in [5.41, 5.74) is 1.11. The molecular formula is C18H23FN2O. The number of aryl methyl sites for hydroxylation is 1. The van der Waals surface area contributed by atoms with Crippen molar-refractivity contribution in [3.8, 4) is 0 Å². The molecule has 4 aliphatic carbocycles. The molecule has 4 heteroatoms. The molecule has 0 atom stereocenters. The summed E-state index contributed by atoms with van der Waals surface area (Å²) in [4.78, 5) is 12.3. The molecule has 0 heterocycles. The Morgan fingerprint density at radius 1 is 1.09 bits per heavy atom. The Kier molecular flexibility index (Phi) is 3.35. The lowest BCUT2D eigenvalue weighted by molar-refractivity contribution is -0.00883. The van der Waals surface area contributed by atoms with Crippen molar-refractivity contribution in [2.24, 2.45) is 23.7 Å². The summed E-state index contributed by atoms with van der Waals surface area (Å²) in [6.45, 7) is 1.72. The topological polar surface area (TPSA) is 41.1 Å². The molecule has 4 aliphatic rings. The third-order valence-electron chi connectivity index (χ3n) is 5.95. The van der Waals surface area contributed by atoms with Crippen LogP contribution in [0, 0.1) is 36.4 Å². The molecule has 118 valence electrons. The number of halogens is 1. The van der Waals surface area contributed by atoms with Gasteiger partial charge in [0.05, 0.1) is 0 Å². The molecule has 4 fully saturated rings. The first-order valence-electron chi connectivity index (χ1n) is 8.42. The number of rotatable bonds is 2. The zero-order valence-electron chi connectivity index (χ0n) is 12.9. The summed E-state index contributed by atoms with van der Waals surface area (Å²) in [6, 6.07) is 4.93. The van der Waals surface area contributed by atoms with Gasteiger partial charge < -0.3 is 10.6 Å². The Labute approximate surface area is 130 Å². The van der Waals surface area contributed by atoms with Gasteiger partial charge in [-0.05, 0) is 80.4 Å². The Morgan fingerprint density at radius 3 is 2.32 bits per heavy atom. The van der Waals surface area contributed by atoms with E-state index in [4.69, 9.17) is 0 Å². The van der Waals surface area contributed by atoms with Crippen molar-refractivity contribution in [3.05, 3.63) is 29.6 Å². The molecule has 2 amide bonds. The van der Waals surface area contributed by atoms with Crippen LogP contribution in [0.2, 0.25) is 0 Å². The van der Waals surface area contributed by atoms with E-state index in [1.807, 2.05) is 0 Å². The molecule has 1 aromatic rings. The van der Waals surface area contributed by atoms with Gasteiger partial charge in [-0.2, -0.15) is 0 Å². The number of anilines is 1. The van der Waals surface area contributed by atoms with Gasteiger partial charge in [0.15, 0.2) is 0 Å². The molecular weight excluding hydrogens is 279 g/mol. The monoisotopic (exact) mass is 302 g/mol. The zero-order chi connectivity index (χ0) is 15.3. The van der Waals surface area contributed by atoms with Gasteiger partial charge in [0, 0.05) is 11.7 Å². The summed E-state index contributed by atoms with van der Waals surface area (Å²) < 4.78 is 13.6. The van der Waals surface area contributed by atoms with Gasteiger partial charge in [-0.1, -0.05) is 6.07 Å². The summed E-state index contributed by atoms with van der Waals surface area (Å²) >= 11 is 0. The highest BCUT2D eigenvalue weighted by atomic mass is 19.1. The van der Waals surface area contributed by atoms with E-state index >= 15 is 0 Å². The molecule has 0 spiro atoms. The number of benzene rings is 1. The maximum atomic E-state index is 13.6. The number of hydrogen-bond acceptors (Lipinski definition) is 1. The molecule has 3 nitrogen and oxygen atoms in total. The molecule has 1 aromatic carbocycles. The molecule has 0 aliphatic heterocycles. The van der Waals surface area contributed by atoms with Gasteiger partial charge in [-0.15, -0.1) is 0 Å². The molecule has 0 unspecified atom stereocenters. The van der Waals surface area contributed by atoms with Gasteiger partial charge in [0.25, 0.3) is 0 Å². The highest BCUT2D eigenvalue weighted by Crippen LogP contribution is 2.53. The first-order chi connectivity index (χ1) is 10.6. The Bertz CT molecular complexity index is 573. The van der Waals surface area contributed by atoms with E-state index in [-0.39, 0.29) is 11.8 Å². The van der Waals surface area contributed by atoms with Crippen molar-refractivity contribution in [1.29, 1.82) is 0 Å². The van der Waals surface area contributed by atoms with E-state index in [1.54, 1.807) is 19.1 Å². The second kappa shape index (κ2) is 5.25. The highest BCUT2D eigenvalue weighted by molar-refractivity contribution is 5.89. The predicted octanol–water partition coefficient (Wildman–Crippen LogP) is 4.08. The Morgan fingerprint density at radius 2 is 1.73 bits per heavy atom. The minimum Gasteiger partial charge on any atom is -0.335 e. The van der Waals surface area contributed by atoms with Crippen LogP contribution in [0.1, 0.15) is 37.7 Å². The molecule has 0 saturated heterocycles. The standard InChI is InChI=1S/C18H23FN2O/c1-10-2-3-15(9-16(10)19)20-18(22)21-17-13-5-11-4-12(7-13)8-14(17)6-11/h2-3,9,11-14,17H,4-8H2,1H3,(H2,20,21,22). The number of carbonyl (C=O) groups excluding carboxylic acids is 1. The van der Waals surface area contributed by atoms with Crippen molar-refractivity contribution in [1.82, 2.24) is 5.32 Å². The number of amides is 2. The number of urea groups is 1. The van der Waals surface area contributed by atoms with Crippen LogP contribution in [0.15, 0.2) is 18.2 Å². The fourth-order valence-electron chi connectivity index (χ4n) is 5.15. The fourth-order valence-corrected chi connectivity index (χ4v) is 5.15. The van der Waals surface area contributed by atoms with Crippen molar-refractivity contribution in [2.75, 3.05) is 5.32 Å². The maximum absolute atomic E-state index is 13.6. The lowest BCUT2D eigenvalue weighted by Gasteiger charge is -2.54. The minimum atomic E-state index is -0.285. The molecule has 4 saturated carbocycles. The summed E-state index contributed by atoms with van der Waals surface area (Å²) in [5, 5.41) is 5.95. The van der Waals surface area contributed by atoms with Crippen LogP contribution in [0.5, 0.6) is 0 Å². The van der Waals surface area contributed by atoms with Crippen LogP contribution in [0.25, 0.3) is 0 Å². The van der Waals surface area contributed by atoms with Gasteiger partial charge >= 0.3 is 6.03 Å². The zero-order valence-corrected chi connectivity index (χ0v) is 12.9. The van der Waals surface area contributed by atoms with E-state index in [2.05, 4.69) is 10.6 Å². The molecule has 5 rings (SSSR count). The molecule has 2 N–H and O–H groups in total. The SMILES string of the molecule is Cc1ccc(NC(=O)NC2C3CC4CC(C3)CC2C4)cc1F. The minimum absolute atomic E-state index is 0.194. The highest BCUT2D eigenvalue weighted by Gasteiger charge is 2.48. The normalized spacial score (nSPS) is 35.5. The van der Waals surface area contributed by atoms with Gasteiger partial charge in [0.2, 0.25) is 0 Å². The lowest BCUT2D eigenvalue weighted by atomic mass is 9.54. The fraction of sp³-hybridized carbons (Fsp3) is 0.611. The van der Waals surface area contributed by atoms with Crippen molar-refractivity contribution >= 4 is 11.7 Å². The number of nitrogens with one attached hydrogen (secondary N) is 2. The van der Waals surface area contributed by atoms with Gasteiger partial charge in [-0.3, -0.25) is 0 Å². The van der Waals surface area contributed by atoms with Gasteiger partial charge in [0.1, 0.15) is 5.82 Å². The van der Waals surface area contributed by atoms with E-state index in [9.17, 15) is 9.18 Å². The molecule has 22 heavy (non-hydrogen) atoms. The van der Waals surface area contributed by atoms with Crippen LogP contribution in [0.4, 0.5) is 14.9 Å². The predicted molar refractivity (Wildman–Crippen MR) is 84.1 cm³/mol. The van der Waals surface area contributed by atoms with Crippen LogP contribution < -0.4 is 10.6 Å². The summed E-state index contributed by atoms with van der Waals surface area (Å²) in [5.74, 6) is 2.81. The smallest absolute Gasteiger partial charge is 0.319 e. The van der Waals surface area contributed by atoms with E-state index in [1.165, 1.54) is 38.2 Å². The average Bonchev–Trinajstić information content (AvgIpc) is 2.46. The third kappa shape index (κ3) is 2.49. The van der Waals surface area contributed by atoms with Crippen molar-refractivity contribution < 1.29 is 9.18 Å². The van der Waals surface area contributed by atoms with E-state index in [0.29, 0.717) is 29.1 Å². The summed E-state index contributed by atoms with van der Waals surface area (Å²) in [7, 11) is 0. The largest absolute Gasteiger partial charge is 0.335 e. The van der Waals surface area contributed by atoms with Crippen LogP contribution in [-0.2, 0) is 0 Å². The maximum Gasteiger partial charge on any atom is 0.319 e. The number of hydrogen-bond donors (Lipinski definition) is 2. The van der Waals surface area contributed by atoms with E-state index in [0.717, 1.165) is 11.8 Å². The number of carbonyl (C=O) groups is 1. The first-order valence-corrected chi connectivity index (χ1v) is 8.42. The van der Waals surface area contributed by atoms with Crippen LogP contribution in [0.3, 0.4) is 0 Å². The van der Waals surface area contributed by atoms with Gasteiger partial charge in [-0.25, -0.2) is 9.18 Å². The summed E-state index contributed by atoms with van der Waals surface area (Å²) in [6.07, 6.45) is 6.51. The Hall–Kier alpha value is -1.58. The first kappa shape index (κ1) is 14.0.